The summed E-state index contributed by atoms with van der Waals surface area (Å²) in [5, 5.41) is 6.46. The fourth-order valence-electron chi connectivity index (χ4n) is 2.42. The molecule has 0 saturated carbocycles. The van der Waals surface area contributed by atoms with Gasteiger partial charge in [-0.05, 0) is 44.9 Å². The average Bonchev–Trinajstić information content (AvgIpc) is 2.80. The van der Waals surface area contributed by atoms with Gasteiger partial charge in [-0.2, -0.15) is 0 Å². The highest BCUT2D eigenvalue weighted by atomic mass is 32.1. The van der Waals surface area contributed by atoms with Gasteiger partial charge in [0, 0.05) is 10.6 Å². The van der Waals surface area contributed by atoms with Crippen molar-refractivity contribution >= 4 is 33.9 Å². The van der Waals surface area contributed by atoms with E-state index in [1.807, 2.05) is 39.8 Å². The minimum Gasteiger partial charge on any atom is -0.465 e. The first-order chi connectivity index (χ1) is 11.3. The molecular weight excluding hydrogens is 324 g/mol. The maximum atomic E-state index is 12.2. The Labute approximate surface area is 146 Å². The molecule has 5 nitrogen and oxygen atoms in total. The Morgan fingerprint density at radius 1 is 1.17 bits per heavy atom. The van der Waals surface area contributed by atoms with Crippen LogP contribution in [0.2, 0.25) is 0 Å². The zero-order chi connectivity index (χ0) is 17.9. The minimum absolute atomic E-state index is 0.126. The van der Waals surface area contributed by atoms with Crippen LogP contribution in [0.3, 0.4) is 0 Å². The number of amides is 1. The maximum Gasteiger partial charge on any atom is 0.341 e. The maximum absolute atomic E-state index is 12.2. The predicted molar refractivity (Wildman–Crippen MR) is 98.2 cm³/mol. The molecule has 1 heterocycles. The first-order valence-corrected chi connectivity index (χ1v) is 8.44. The number of aryl methyl sites for hydroxylation is 3. The van der Waals surface area contributed by atoms with E-state index in [0.717, 1.165) is 21.7 Å². The van der Waals surface area contributed by atoms with Crippen LogP contribution >= 0.6 is 11.3 Å². The van der Waals surface area contributed by atoms with Gasteiger partial charge >= 0.3 is 5.97 Å². The van der Waals surface area contributed by atoms with Crippen molar-refractivity contribution in [2.24, 2.45) is 0 Å². The fourth-order valence-corrected chi connectivity index (χ4v) is 3.49. The number of benzene rings is 1. The molecule has 1 amide bonds. The Kier molecular flexibility index (Phi) is 5.62. The summed E-state index contributed by atoms with van der Waals surface area (Å²) in [5.74, 6) is -0.643. The zero-order valence-electron chi connectivity index (χ0n) is 14.6. The lowest BCUT2D eigenvalue weighted by Gasteiger charge is -2.11. The van der Waals surface area contributed by atoms with Gasteiger partial charge in [-0.1, -0.05) is 17.7 Å². The van der Waals surface area contributed by atoms with E-state index >= 15 is 0 Å². The van der Waals surface area contributed by atoms with E-state index in [0.29, 0.717) is 10.6 Å². The van der Waals surface area contributed by atoms with Gasteiger partial charge in [0.2, 0.25) is 5.91 Å². The number of carbonyl (C=O) groups is 2. The molecule has 0 aliphatic heterocycles. The number of hydrogen-bond donors (Lipinski definition) is 2. The molecule has 0 aliphatic rings. The SMILES string of the molecule is COC(=O)c1c(NC(=O)CNc2ccc(C)cc2C)sc(C)c1C. The summed E-state index contributed by atoms with van der Waals surface area (Å²) in [6, 6.07) is 6.01. The van der Waals surface area contributed by atoms with Gasteiger partial charge in [0.15, 0.2) is 0 Å². The fraction of sp³-hybridized carbons (Fsp3) is 0.333. The largest absolute Gasteiger partial charge is 0.465 e. The quantitative estimate of drug-likeness (QED) is 0.808. The van der Waals surface area contributed by atoms with Crippen molar-refractivity contribution < 1.29 is 14.3 Å². The van der Waals surface area contributed by atoms with Crippen LogP contribution in [0.25, 0.3) is 0 Å². The Hall–Kier alpha value is -2.34. The van der Waals surface area contributed by atoms with Gasteiger partial charge in [-0.3, -0.25) is 4.79 Å². The van der Waals surface area contributed by atoms with Crippen LogP contribution in [0.4, 0.5) is 10.7 Å². The van der Waals surface area contributed by atoms with Crippen molar-refractivity contribution in [2.75, 3.05) is 24.3 Å². The summed E-state index contributed by atoms with van der Waals surface area (Å²) in [6.07, 6.45) is 0. The van der Waals surface area contributed by atoms with Gasteiger partial charge in [-0.25, -0.2) is 4.79 Å². The van der Waals surface area contributed by atoms with Crippen LogP contribution in [0, 0.1) is 27.7 Å². The van der Waals surface area contributed by atoms with E-state index in [1.54, 1.807) is 0 Å². The molecule has 6 heteroatoms. The molecule has 0 radical (unpaired) electrons. The second-order valence-corrected chi connectivity index (χ2v) is 6.92. The molecule has 2 N–H and O–H groups in total. The highest BCUT2D eigenvalue weighted by molar-refractivity contribution is 7.16. The molecule has 2 aromatic rings. The smallest absolute Gasteiger partial charge is 0.341 e. The number of esters is 1. The first-order valence-electron chi connectivity index (χ1n) is 7.62. The average molecular weight is 346 g/mol. The van der Waals surface area contributed by atoms with E-state index in [1.165, 1.54) is 24.0 Å². The Morgan fingerprint density at radius 3 is 2.50 bits per heavy atom. The molecule has 0 aliphatic carbocycles. The number of anilines is 2. The topological polar surface area (TPSA) is 67.4 Å². The zero-order valence-corrected chi connectivity index (χ0v) is 15.4. The number of ether oxygens (including phenoxy) is 1. The van der Waals surface area contributed by atoms with Crippen LogP contribution in [0.1, 0.15) is 31.9 Å². The highest BCUT2D eigenvalue weighted by Crippen LogP contribution is 2.32. The molecule has 128 valence electrons. The van der Waals surface area contributed by atoms with Crippen molar-refractivity contribution in [3.8, 4) is 0 Å². The summed E-state index contributed by atoms with van der Waals surface area (Å²) in [7, 11) is 1.34. The van der Waals surface area contributed by atoms with Crippen molar-refractivity contribution in [3.63, 3.8) is 0 Å². The van der Waals surface area contributed by atoms with E-state index in [9.17, 15) is 9.59 Å². The third-order valence-corrected chi connectivity index (χ3v) is 4.97. The normalized spacial score (nSPS) is 10.4. The molecule has 0 bridgehead atoms. The molecule has 1 aromatic heterocycles. The standard InChI is InChI=1S/C18H22N2O3S/c1-10-6-7-14(11(2)8-10)19-9-15(21)20-17-16(18(22)23-5)12(3)13(4)24-17/h6-8,19H,9H2,1-5H3,(H,20,21). The van der Waals surface area contributed by atoms with E-state index in [4.69, 9.17) is 4.74 Å². The summed E-state index contributed by atoms with van der Waals surface area (Å²) < 4.78 is 4.81. The first kappa shape index (κ1) is 18.0. The molecule has 0 saturated heterocycles. The van der Waals surface area contributed by atoms with Gasteiger partial charge in [0.25, 0.3) is 0 Å². The molecule has 2 rings (SSSR count). The lowest BCUT2D eigenvalue weighted by atomic mass is 10.1. The number of methoxy groups -OCH3 is 1. The van der Waals surface area contributed by atoms with E-state index < -0.39 is 5.97 Å². The number of rotatable bonds is 5. The molecule has 0 unspecified atom stereocenters. The highest BCUT2D eigenvalue weighted by Gasteiger charge is 2.21. The summed E-state index contributed by atoms with van der Waals surface area (Å²) >= 11 is 1.38. The second-order valence-electron chi connectivity index (χ2n) is 5.70. The third-order valence-electron chi connectivity index (χ3n) is 3.85. The number of hydrogen-bond acceptors (Lipinski definition) is 5. The number of thiophene rings is 1. The molecule has 24 heavy (non-hydrogen) atoms. The predicted octanol–water partition coefficient (Wildman–Crippen LogP) is 3.82. The minimum atomic E-state index is -0.436. The third kappa shape index (κ3) is 3.94. The van der Waals surface area contributed by atoms with Crippen LogP contribution < -0.4 is 10.6 Å². The molecule has 0 spiro atoms. The summed E-state index contributed by atoms with van der Waals surface area (Å²) in [4.78, 5) is 25.1. The van der Waals surface area contributed by atoms with E-state index in [-0.39, 0.29) is 12.5 Å². The van der Waals surface area contributed by atoms with Crippen molar-refractivity contribution in [3.05, 3.63) is 45.3 Å². The Morgan fingerprint density at radius 2 is 1.88 bits per heavy atom. The molecule has 0 atom stereocenters. The molecule has 0 fully saturated rings. The van der Waals surface area contributed by atoms with Crippen LogP contribution in [-0.2, 0) is 9.53 Å². The van der Waals surface area contributed by atoms with Crippen LogP contribution in [0.5, 0.6) is 0 Å². The monoisotopic (exact) mass is 346 g/mol. The lowest BCUT2D eigenvalue weighted by Crippen LogP contribution is -2.22. The van der Waals surface area contributed by atoms with Gasteiger partial charge in [-0.15, -0.1) is 11.3 Å². The number of carbonyl (C=O) groups excluding carboxylic acids is 2. The number of nitrogens with one attached hydrogen (secondary N) is 2. The molecular formula is C18H22N2O3S. The van der Waals surface area contributed by atoms with Crippen LogP contribution in [-0.4, -0.2) is 25.5 Å². The van der Waals surface area contributed by atoms with Crippen molar-refractivity contribution in [1.29, 1.82) is 0 Å². The lowest BCUT2D eigenvalue weighted by molar-refractivity contribution is -0.114. The second kappa shape index (κ2) is 7.49. The van der Waals surface area contributed by atoms with Gasteiger partial charge < -0.3 is 15.4 Å². The van der Waals surface area contributed by atoms with Gasteiger partial charge in [0.1, 0.15) is 5.00 Å². The molecule has 1 aromatic carbocycles. The summed E-state index contributed by atoms with van der Waals surface area (Å²) in [5.41, 5.74) is 4.45. The Balaban J connectivity index is 2.07. The van der Waals surface area contributed by atoms with Gasteiger partial charge in [0.05, 0.1) is 19.2 Å². The van der Waals surface area contributed by atoms with E-state index in [2.05, 4.69) is 16.7 Å². The van der Waals surface area contributed by atoms with Crippen molar-refractivity contribution in [2.45, 2.75) is 27.7 Å². The van der Waals surface area contributed by atoms with Crippen LogP contribution in [0.15, 0.2) is 18.2 Å². The summed E-state index contributed by atoms with van der Waals surface area (Å²) in [6.45, 7) is 7.91. The Bertz CT molecular complexity index is 781. The van der Waals surface area contributed by atoms with Crippen molar-refractivity contribution in [1.82, 2.24) is 0 Å².